The first-order valence-corrected chi connectivity index (χ1v) is 5.45. The van der Waals surface area contributed by atoms with Crippen LogP contribution in [0.5, 0.6) is 0 Å². The quantitative estimate of drug-likeness (QED) is 0.594. The Morgan fingerprint density at radius 3 is 2.73 bits per heavy atom. The molecule has 1 aliphatic carbocycles. The predicted molar refractivity (Wildman–Crippen MR) is 57.3 cm³/mol. The van der Waals surface area contributed by atoms with Crippen molar-refractivity contribution in [2.45, 2.75) is 25.4 Å². The van der Waals surface area contributed by atoms with Crippen molar-refractivity contribution in [2.75, 3.05) is 0 Å². The highest BCUT2D eigenvalue weighted by atomic mass is 35.5. The van der Waals surface area contributed by atoms with Crippen LogP contribution in [0.1, 0.15) is 29.8 Å². The fourth-order valence-corrected chi connectivity index (χ4v) is 1.59. The number of carbonyl (C=O) groups excluding carboxylic acids is 1. The van der Waals surface area contributed by atoms with E-state index in [0.717, 1.165) is 19.3 Å². The Morgan fingerprint density at radius 1 is 1.40 bits per heavy atom. The van der Waals surface area contributed by atoms with Gasteiger partial charge in [-0.25, -0.2) is 9.78 Å². The number of rotatable bonds is 2. The fourth-order valence-electron chi connectivity index (χ4n) is 1.26. The van der Waals surface area contributed by atoms with Gasteiger partial charge < -0.3 is 4.74 Å². The number of ether oxygens (including phenoxy) is 1. The topological polar surface area (TPSA) is 39.2 Å². The summed E-state index contributed by atoms with van der Waals surface area (Å²) >= 11 is 11.5. The van der Waals surface area contributed by atoms with Gasteiger partial charge in [0.1, 0.15) is 11.3 Å². The number of esters is 1. The lowest BCUT2D eigenvalue weighted by molar-refractivity contribution is 0.00839. The van der Waals surface area contributed by atoms with Crippen LogP contribution in [0.2, 0.25) is 10.2 Å². The summed E-state index contributed by atoms with van der Waals surface area (Å²) in [6, 6.07) is 3.07. The molecular weight excluding hydrogens is 237 g/mol. The second-order valence-corrected chi connectivity index (χ2v) is 4.22. The molecular formula is C10H9Cl2NO2. The molecule has 15 heavy (non-hydrogen) atoms. The summed E-state index contributed by atoms with van der Waals surface area (Å²) in [6.45, 7) is 0. The Morgan fingerprint density at radius 2 is 2.13 bits per heavy atom. The summed E-state index contributed by atoms with van der Waals surface area (Å²) in [5.41, 5.74) is 0.0936. The lowest BCUT2D eigenvalue weighted by Crippen LogP contribution is -2.25. The molecule has 0 saturated heterocycles. The zero-order valence-corrected chi connectivity index (χ0v) is 9.38. The van der Waals surface area contributed by atoms with Crippen LogP contribution in [0.3, 0.4) is 0 Å². The summed E-state index contributed by atoms with van der Waals surface area (Å²) in [5, 5.41) is 0.503. The molecule has 5 heteroatoms. The first kappa shape index (κ1) is 10.7. The molecule has 0 spiro atoms. The third kappa shape index (κ3) is 2.41. The van der Waals surface area contributed by atoms with Gasteiger partial charge in [0.25, 0.3) is 0 Å². The second kappa shape index (κ2) is 4.37. The molecule has 0 atom stereocenters. The molecule has 2 rings (SSSR count). The molecule has 0 aromatic carbocycles. The first-order chi connectivity index (χ1) is 7.16. The van der Waals surface area contributed by atoms with Gasteiger partial charge in [-0.1, -0.05) is 23.2 Å². The highest BCUT2D eigenvalue weighted by Gasteiger charge is 2.24. The van der Waals surface area contributed by atoms with E-state index in [1.54, 1.807) is 0 Å². The molecule has 0 radical (unpaired) electrons. The summed E-state index contributed by atoms with van der Waals surface area (Å²) in [7, 11) is 0. The molecule has 1 fully saturated rings. The van der Waals surface area contributed by atoms with Crippen LogP contribution in [0, 0.1) is 0 Å². The lowest BCUT2D eigenvalue weighted by Gasteiger charge is -2.24. The van der Waals surface area contributed by atoms with Crippen LogP contribution in [0.4, 0.5) is 0 Å². The minimum atomic E-state index is -0.493. The van der Waals surface area contributed by atoms with E-state index in [2.05, 4.69) is 4.98 Å². The van der Waals surface area contributed by atoms with E-state index in [1.165, 1.54) is 12.1 Å². The van der Waals surface area contributed by atoms with Crippen LogP contribution >= 0.6 is 23.2 Å². The average Bonchev–Trinajstić information content (AvgIpc) is 2.15. The SMILES string of the molecule is O=C(OC1CCC1)c1nc(Cl)ccc1Cl. The van der Waals surface area contributed by atoms with E-state index >= 15 is 0 Å². The molecule has 80 valence electrons. The Balaban J connectivity index is 2.12. The predicted octanol–water partition coefficient (Wildman–Crippen LogP) is 3.10. The van der Waals surface area contributed by atoms with Gasteiger partial charge >= 0.3 is 5.97 Å². The maximum Gasteiger partial charge on any atom is 0.358 e. The number of carbonyl (C=O) groups is 1. The Labute approximate surface area is 97.4 Å². The molecule has 1 aromatic heterocycles. The van der Waals surface area contributed by atoms with E-state index < -0.39 is 5.97 Å². The Hall–Kier alpha value is -0.800. The Bertz CT molecular complexity index is 391. The maximum absolute atomic E-state index is 11.6. The van der Waals surface area contributed by atoms with Gasteiger partial charge in [-0.15, -0.1) is 0 Å². The molecule has 0 bridgehead atoms. The van der Waals surface area contributed by atoms with Crippen LogP contribution in [0.25, 0.3) is 0 Å². The molecule has 1 aliphatic rings. The average molecular weight is 246 g/mol. The number of hydrogen-bond acceptors (Lipinski definition) is 3. The lowest BCUT2D eigenvalue weighted by atomic mass is 9.96. The van der Waals surface area contributed by atoms with Crippen LogP contribution in [-0.2, 0) is 4.74 Å². The normalized spacial score (nSPS) is 15.9. The van der Waals surface area contributed by atoms with Gasteiger partial charge in [-0.05, 0) is 31.4 Å². The van der Waals surface area contributed by atoms with Crippen molar-refractivity contribution in [1.29, 1.82) is 0 Å². The van der Waals surface area contributed by atoms with Gasteiger partial charge in [-0.2, -0.15) is 0 Å². The van der Waals surface area contributed by atoms with Crippen molar-refractivity contribution in [1.82, 2.24) is 4.98 Å². The van der Waals surface area contributed by atoms with Crippen molar-refractivity contribution in [3.63, 3.8) is 0 Å². The van der Waals surface area contributed by atoms with Crippen molar-refractivity contribution < 1.29 is 9.53 Å². The van der Waals surface area contributed by atoms with Gasteiger partial charge in [0, 0.05) is 0 Å². The molecule has 0 amide bonds. The molecule has 1 saturated carbocycles. The molecule has 3 nitrogen and oxygen atoms in total. The van der Waals surface area contributed by atoms with E-state index in [1.807, 2.05) is 0 Å². The number of halogens is 2. The summed E-state index contributed by atoms with van der Waals surface area (Å²) < 4.78 is 5.16. The Kier molecular flexibility index (Phi) is 3.12. The zero-order valence-electron chi connectivity index (χ0n) is 7.87. The van der Waals surface area contributed by atoms with Crippen molar-refractivity contribution in [2.24, 2.45) is 0 Å². The largest absolute Gasteiger partial charge is 0.458 e. The van der Waals surface area contributed by atoms with Crippen molar-refractivity contribution >= 4 is 29.2 Å². The van der Waals surface area contributed by atoms with Gasteiger partial charge in [0.05, 0.1) is 5.02 Å². The standard InChI is InChI=1S/C10H9Cl2NO2/c11-7-4-5-8(12)13-9(7)10(14)15-6-2-1-3-6/h4-6H,1-3H2. The van der Waals surface area contributed by atoms with Crippen LogP contribution < -0.4 is 0 Å². The maximum atomic E-state index is 11.6. The minimum absolute atomic E-state index is 0.0225. The number of pyridine rings is 1. The molecule has 0 N–H and O–H groups in total. The third-order valence-electron chi connectivity index (χ3n) is 2.33. The van der Waals surface area contributed by atoms with Gasteiger partial charge in [0.2, 0.25) is 0 Å². The summed E-state index contributed by atoms with van der Waals surface area (Å²) in [6.07, 6.45) is 2.97. The minimum Gasteiger partial charge on any atom is -0.458 e. The van der Waals surface area contributed by atoms with Gasteiger partial charge in [0.15, 0.2) is 5.69 Å². The van der Waals surface area contributed by atoms with Crippen molar-refractivity contribution in [3.8, 4) is 0 Å². The van der Waals surface area contributed by atoms with E-state index in [9.17, 15) is 4.79 Å². The number of nitrogens with zero attached hydrogens (tertiary/aromatic N) is 1. The number of aromatic nitrogens is 1. The molecule has 1 heterocycles. The fraction of sp³-hybridized carbons (Fsp3) is 0.400. The second-order valence-electron chi connectivity index (χ2n) is 3.42. The molecule has 0 aliphatic heterocycles. The first-order valence-electron chi connectivity index (χ1n) is 4.70. The van der Waals surface area contributed by atoms with E-state index in [-0.39, 0.29) is 22.0 Å². The van der Waals surface area contributed by atoms with Gasteiger partial charge in [-0.3, -0.25) is 0 Å². The van der Waals surface area contributed by atoms with Crippen LogP contribution in [-0.4, -0.2) is 17.1 Å². The summed E-state index contributed by atoms with van der Waals surface area (Å²) in [5.74, 6) is -0.493. The number of hydrogen-bond donors (Lipinski definition) is 0. The zero-order chi connectivity index (χ0) is 10.8. The third-order valence-corrected chi connectivity index (χ3v) is 2.85. The summed E-state index contributed by atoms with van der Waals surface area (Å²) in [4.78, 5) is 15.4. The highest BCUT2D eigenvalue weighted by molar-refractivity contribution is 6.34. The van der Waals surface area contributed by atoms with E-state index in [0.29, 0.717) is 0 Å². The van der Waals surface area contributed by atoms with Crippen LogP contribution in [0.15, 0.2) is 12.1 Å². The highest BCUT2D eigenvalue weighted by Crippen LogP contribution is 2.24. The molecule has 0 unspecified atom stereocenters. The van der Waals surface area contributed by atoms with Crippen molar-refractivity contribution in [3.05, 3.63) is 28.0 Å². The smallest absolute Gasteiger partial charge is 0.358 e. The monoisotopic (exact) mass is 245 g/mol. The molecule has 1 aromatic rings. The van der Waals surface area contributed by atoms with E-state index in [4.69, 9.17) is 27.9 Å².